The van der Waals surface area contributed by atoms with Gasteiger partial charge in [-0.15, -0.1) is 11.3 Å². The van der Waals surface area contributed by atoms with Crippen LogP contribution in [0.25, 0.3) is 0 Å². The number of hydrogen-bond acceptors (Lipinski definition) is 6. The van der Waals surface area contributed by atoms with Crippen LogP contribution in [0.2, 0.25) is 0 Å². The predicted molar refractivity (Wildman–Crippen MR) is 84.9 cm³/mol. The summed E-state index contributed by atoms with van der Waals surface area (Å²) >= 11 is 1.35. The van der Waals surface area contributed by atoms with E-state index in [1.807, 2.05) is 13.8 Å². The van der Waals surface area contributed by atoms with Crippen molar-refractivity contribution in [1.29, 1.82) is 5.26 Å². The molecule has 1 aliphatic heterocycles. The molecule has 2 rings (SSSR count). The van der Waals surface area contributed by atoms with Crippen molar-refractivity contribution in [2.75, 3.05) is 30.8 Å². The number of ether oxygens (including phenoxy) is 1. The molecular formula is C15H21N3O2S. The van der Waals surface area contributed by atoms with Gasteiger partial charge in [0.2, 0.25) is 0 Å². The van der Waals surface area contributed by atoms with Crippen LogP contribution in [0.1, 0.15) is 41.9 Å². The Morgan fingerprint density at radius 3 is 2.57 bits per heavy atom. The van der Waals surface area contributed by atoms with Crippen molar-refractivity contribution in [3.63, 3.8) is 0 Å². The number of ketones is 1. The minimum atomic E-state index is -0.121. The van der Waals surface area contributed by atoms with Gasteiger partial charge in [0.05, 0.1) is 16.7 Å². The van der Waals surface area contributed by atoms with Gasteiger partial charge < -0.3 is 15.4 Å². The Balaban J connectivity index is 2.30. The van der Waals surface area contributed by atoms with Gasteiger partial charge in [0, 0.05) is 26.1 Å². The third-order valence-corrected chi connectivity index (χ3v) is 5.13. The number of carbonyl (C=O) groups is 1. The highest BCUT2D eigenvalue weighted by Gasteiger charge is 2.28. The molecule has 0 bridgehead atoms. The maximum atomic E-state index is 12.2. The fourth-order valence-electron chi connectivity index (χ4n) is 2.50. The second-order valence-corrected chi connectivity index (χ2v) is 6.58. The van der Waals surface area contributed by atoms with Gasteiger partial charge in [0.15, 0.2) is 5.78 Å². The van der Waals surface area contributed by atoms with Crippen LogP contribution in [-0.4, -0.2) is 32.1 Å². The molecule has 1 aromatic heterocycles. The highest BCUT2D eigenvalue weighted by molar-refractivity contribution is 7.19. The molecular weight excluding hydrogens is 286 g/mol. The Morgan fingerprint density at radius 1 is 1.48 bits per heavy atom. The maximum absolute atomic E-state index is 12.2. The normalized spacial score (nSPS) is 16.2. The molecule has 0 unspecified atom stereocenters. The van der Waals surface area contributed by atoms with E-state index in [0.717, 1.165) is 30.9 Å². The van der Waals surface area contributed by atoms with Gasteiger partial charge in [-0.1, -0.05) is 13.8 Å². The number of Topliss-reactive ketones (excluding diaryl/α,β-unsaturated/α-hetero) is 1. The van der Waals surface area contributed by atoms with Crippen LogP contribution in [0.15, 0.2) is 0 Å². The number of hydrogen-bond donors (Lipinski definition) is 1. The Labute approximate surface area is 129 Å². The maximum Gasteiger partial charge on any atom is 0.177 e. The Bertz CT molecular complexity index is 566. The average molecular weight is 307 g/mol. The van der Waals surface area contributed by atoms with Crippen LogP contribution < -0.4 is 10.6 Å². The van der Waals surface area contributed by atoms with Crippen LogP contribution >= 0.6 is 11.3 Å². The summed E-state index contributed by atoms with van der Waals surface area (Å²) in [4.78, 5) is 14.9. The molecule has 0 amide bonds. The van der Waals surface area contributed by atoms with Gasteiger partial charge in [-0.3, -0.25) is 4.79 Å². The average Bonchev–Trinajstić information content (AvgIpc) is 2.83. The lowest BCUT2D eigenvalue weighted by atomic mass is 10.1. The molecule has 2 N–H and O–H groups in total. The predicted octanol–water partition coefficient (Wildman–Crippen LogP) is 2.66. The van der Waals surface area contributed by atoms with E-state index < -0.39 is 0 Å². The molecule has 1 fully saturated rings. The number of thiophene rings is 1. The van der Waals surface area contributed by atoms with Crippen molar-refractivity contribution < 1.29 is 9.53 Å². The summed E-state index contributed by atoms with van der Waals surface area (Å²) in [6.07, 6.45) is 2.13. The largest absolute Gasteiger partial charge is 0.396 e. The first-order valence-electron chi connectivity index (χ1n) is 7.13. The zero-order valence-corrected chi connectivity index (χ0v) is 13.5. The molecule has 1 aromatic rings. The van der Waals surface area contributed by atoms with E-state index in [-0.39, 0.29) is 17.8 Å². The van der Waals surface area contributed by atoms with E-state index in [0.29, 0.717) is 16.1 Å². The third kappa shape index (κ3) is 3.04. The standard InChI is InChI=1S/C15H21N3O2S/c1-9(2)13(19)14-12(17)11(8-16)15(21-14)18-6-4-10(20-3)5-7-18/h9-10H,4-7,17H2,1-3H3. The molecule has 0 aliphatic carbocycles. The summed E-state index contributed by atoms with van der Waals surface area (Å²) in [5, 5.41) is 10.2. The lowest BCUT2D eigenvalue weighted by Crippen LogP contribution is -2.36. The van der Waals surface area contributed by atoms with Crippen molar-refractivity contribution in [2.24, 2.45) is 5.92 Å². The first-order valence-corrected chi connectivity index (χ1v) is 7.95. The zero-order valence-electron chi connectivity index (χ0n) is 12.7. The lowest BCUT2D eigenvalue weighted by Gasteiger charge is -2.32. The van der Waals surface area contributed by atoms with Crippen LogP contribution in [0, 0.1) is 17.2 Å². The highest BCUT2D eigenvalue weighted by Crippen LogP contribution is 2.40. The molecule has 0 radical (unpaired) electrons. The van der Waals surface area contributed by atoms with E-state index in [4.69, 9.17) is 10.5 Å². The minimum absolute atomic E-state index is 0.00651. The van der Waals surface area contributed by atoms with Crippen LogP contribution in [0.4, 0.5) is 10.7 Å². The van der Waals surface area contributed by atoms with Crippen molar-refractivity contribution >= 4 is 27.8 Å². The molecule has 0 aromatic carbocycles. The number of nitrogen functional groups attached to an aromatic ring is 1. The summed E-state index contributed by atoms with van der Waals surface area (Å²) in [7, 11) is 1.73. The van der Waals surface area contributed by atoms with E-state index in [9.17, 15) is 10.1 Å². The summed E-state index contributed by atoms with van der Waals surface area (Å²) in [6, 6.07) is 2.16. The van der Waals surface area contributed by atoms with E-state index in [1.54, 1.807) is 7.11 Å². The van der Waals surface area contributed by atoms with Crippen LogP contribution in [-0.2, 0) is 4.74 Å². The second kappa shape index (κ2) is 6.46. The molecule has 0 saturated carbocycles. The fourth-order valence-corrected chi connectivity index (χ4v) is 3.81. The van der Waals surface area contributed by atoms with E-state index in [1.165, 1.54) is 11.3 Å². The van der Waals surface area contributed by atoms with E-state index in [2.05, 4.69) is 11.0 Å². The number of nitrogens with zero attached hydrogens (tertiary/aromatic N) is 2. The number of carbonyl (C=O) groups excluding carboxylic acids is 1. The van der Waals surface area contributed by atoms with Gasteiger partial charge in [-0.2, -0.15) is 5.26 Å². The minimum Gasteiger partial charge on any atom is -0.396 e. The number of anilines is 2. The second-order valence-electron chi connectivity index (χ2n) is 5.58. The Kier molecular flexibility index (Phi) is 4.86. The van der Waals surface area contributed by atoms with Gasteiger partial charge in [-0.25, -0.2) is 0 Å². The van der Waals surface area contributed by atoms with Gasteiger partial charge in [0.25, 0.3) is 0 Å². The molecule has 1 saturated heterocycles. The highest BCUT2D eigenvalue weighted by atomic mass is 32.1. The molecule has 114 valence electrons. The molecule has 0 spiro atoms. The molecule has 6 heteroatoms. The first-order chi connectivity index (χ1) is 9.99. The van der Waals surface area contributed by atoms with Gasteiger partial charge in [0.1, 0.15) is 16.6 Å². The van der Waals surface area contributed by atoms with Crippen molar-refractivity contribution in [2.45, 2.75) is 32.8 Å². The van der Waals surface area contributed by atoms with E-state index >= 15 is 0 Å². The summed E-state index contributed by atoms with van der Waals surface area (Å²) in [6.45, 7) is 5.33. The lowest BCUT2D eigenvalue weighted by molar-refractivity contribution is 0.0820. The van der Waals surface area contributed by atoms with Gasteiger partial charge >= 0.3 is 0 Å². The van der Waals surface area contributed by atoms with Crippen LogP contribution in [0.5, 0.6) is 0 Å². The molecule has 0 atom stereocenters. The van der Waals surface area contributed by atoms with Crippen LogP contribution in [0.3, 0.4) is 0 Å². The van der Waals surface area contributed by atoms with Crippen molar-refractivity contribution in [1.82, 2.24) is 0 Å². The quantitative estimate of drug-likeness (QED) is 0.865. The SMILES string of the molecule is COC1CCN(c2sc(C(=O)C(C)C)c(N)c2C#N)CC1. The smallest absolute Gasteiger partial charge is 0.177 e. The Morgan fingerprint density at radius 2 is 2.10 bits per heavy atom. The topological polar surface area (TPSA) is 79.3 Å². The molecule has 2 heterocycles. The molecule has 5 nitrogen and oxygen atoms in total. The first kappa shape index (κ1) is 15.8. The molecule has 1 aliphatic rings. The van der Waals surface area contributed by atoms with Crippen molar-refractivity contribution in [3.05, 3.63) is 10.4 Å². The zero-order chi connectivity index (χ0) is 15.6. The number of rotatable bonds is 4. The summed E-state index contributed by atoms with van der Waals surface area (Å²) in [5.74, 6) is -0.114. The van der Waals surface area contributed by atoms with Crippen molar-refractivity contribution in [3.8, 4) is 6.07 Å². The van der Waals surface area contributed by atoms with Gasteiger partial charge in [-0.05, 0) is 12.8 Å². The monoisotopic (exact) mass is 307 g/mol. The molecule has 21 heavy (non-hydrogen) atoms. The summed E-state index contributed by atoms with van der Waals surface area (Å²) in [5.41, 5.74) is 6.81. The number of methoxy groups -OCH3 is 1. The fraction of sp³-hybridized carbons (Fsp3) is 0.600. The number of piperidine rings is 1. The number of nitrogens with two attached hydrogens (primary N) is 1. The Hall–Kier alpha value is -1.58. The third-order valence-electron chi connectivity index (χ3n) is 3.85. The summed E-state index contributed by atoms with van der Waals surface area (Å²) < 4.78 is 5.36. The number of nitriles is 1.